The fourth-order valence-electron chi connectivity index (χ4n) is 3.78. The monoisotopic (exact) mass is 288 g/mol. The van der Waals surface area contributed by atoms with Crippen LogP contribution in [0.3, 0.4) is 0 Å². The number of nitrogens with one attached hydrogen (secondary N) is 1. The largest absolute Gasteiger partial charge is 0.356 e. The van der Waals surface area contributed by atoms with Gasteiger partial charge in [-0.2, -0.15) is 0 Å². The lowest BCUT2D eigenvalue weighted by Gasteiger charge is -2.46. The lowest BCUT2D eigenvalue weighted by molar-refractivity contribution is 0.173. The van der Waals surface area contributed by atoms with Crippen LogP contribution in [-0.2, 0) is 0 Å². The van der Waals surface area contributed by atoms with E-state index in [1.807, 2.05) is 0 Å². The molecule has 1 unspecified atom stereocenters. The highest BCUT2D eigenvalue weighted by molar-refractivity contribution is 5.41. The summed E-state index contributed by atoms with van der Waals surface area (Å²) in [6, 6.07) is 2.15. The van der Waals surface area contributed by atoms with E-state index in [1.54, 1.807) is 0 Å². The van der Waals surface area contributed by atoms with Gasteiger partial charge in [-0.05, 0) is 39.2 Å². The van der Waals surface area contributed by atoms with Gasteiger partial charge in [-0.25, -0.2) is 9.97 Å². The van der Waals surface area contributed by atoms with E-state index in [0.717, 1.165) is 30.4 Å². The summed E-state index contributed by atoms with van der Waals surface area (Å²) < 4.78 is 0. The summed E-state index contributed by atoms with van der Waals surface area (Å²) in [6.07, 6.45) is 5.31. The van der Waals surface area contributed by atoms with E-state index in [-0.39, 0.29) is 0 Å². The maximum absolute atomic E-state index is 4.83. The maximum atomic E-state index is 4.83. The molecule has 0 saturated carbocycles. The Kier molecular flexibility index (Phi) is 4.16. The summed E-state index contributed by atoms with van der Waals surface area (Å²) in [6.45, 7) is 11.1. The molecule has 1 atom stereocenters. The molecule has 1 aromatic heterocycles. The van der Waals surface area contributed by atoms with Gasteiger partial charge in [-0.3, -0.25) is 0 Å². The zero-order chi connectivity index (χ0) is 14.9. The highest BCUT2D eigenvalue weighted by Gasteiger charge is 2.37. The number of hydrogen-bond donors (Lipinski definition) is 1. The van der Waals surface area contributed by atoms with Gasteiger partial charge in [0.25, 0.3) is 0 Å². The van der Waals surface area contributed by atoms with Crippen molar-refractivity contribution in [1.82, 2.24) is 15.3 Å². The molecule has 2 aliphatic heterocycles. The van der Waals surface area contributed by atoms with E-state index in [9.17, 15) is 0 Å². The highest BCUT2D eigenvalue weighted by atomic mass is 15.2. The Morgan fingerprint density at radius 3 is 2.76 bits per heavy atom. The minimum Gasteiger partial charge on any atom is -0.356 e. The SMILES string of the molecule is Cc1cc(N2CCCC3(CCCNC3)C2)nc(C(C)C)n1. The molecule has 0 bridgehead atoms. The zero-order valence-electron chi connectivity index (χ0n) is 13.7. The first kappa shape index (κ1) is 14.8. The van der Waals surface area contributed by atoms with Gasteiger partial charge >= 0.3 is 0 Å². The molecule has 0 radical (unpaired) electrons. The summed E-state index contributed by atoms with van der Waals surface area (Å²) in [5, 5.41) is 3.60. The number of aryl methyl sites for hydroxylation is 1. The minimum absolute atomic E-state index is 0.388. The standard InChI is InChI=1S/C17H28N4/c1-13(2)16-19-14(3)10-15(20-16)21-9-5-7-17(12-21)6-4-8-18-11-17/h10,13,18H,4-9,11-12H2,1-3H3. The van der Waals surface area contributed by atoms with Gasteiger partial charge in [-0.15, -0.1) is 0 Å². The van der Waals surface area contributed by atoms with Gasteiger partial charge in [0.1, 0.15) is 11.6 Å². The van der Waals surface area contributed by atoms with Gasteiger partial charge in [0.05, 0.1) is 0 Å². The van der Waals surface area contributed by atoms with E-state index in [2.05, 4.69) is 42.0 Å². The van der Waals surface area contributed by atoms with Crippen molar-refractivity contribution in [2.24, 2.45) is 5.41 Å². The van der Waals surface area contributed by atoms with Crippen LogP contribution in [0, 0.1) is 12.3 Å². The Hall–Kier alpha value is -1.16. The molecular formula is C17H28N4. The zero-order valence-corrected chi connectivity index (χ0v) is 13.7. The van der Waals surface area contributed by atoms with Crippen LogP contribution in [0.25, 0.3) is 0 Å². The van der Waals surface area contributed by atoms with Crippen molar-refractivity contribution in [2.45, 2.75) is 52.4 Å². The molecule has 4 nitrogen and oxygen atoms in total. The van der Waals surface area contributed by atoms with Crippen LogP contribution in [0.2, 0.25) is 0 Å². The van der Waals surface area contributed by atoms with Crippen LogP contribution in [0.1, 0.15) is 57.0 Å². The molecule has 1 N–H and O–H groups in total. The molecule has 0 amide bonds. The number of hydrogen-bond acceptors (Lipinski definition) is 4. The summed E-state index contributed by atoms with van der Waals surface area (Å²) >= 11 is 0. The second-order valence-electron chi connectivity index (χ2n) is 7.19. The van der Waals surface area contributed by atoms with Crippen LogP contribution >= 0.6 is 0 Å². The van der Waals surface area contributed by atoms with Crippen LogP contribution < -0.4 is 10.2 Å². The average Bonchev–Trinajstić information content (AvgIpc) is 2.47. The number of nitrogens with zero attached hydrogens (tertiary/aromatic N) is 3. The van der Waals surface area contributed by atoms with Gasteiger partial charge in [0.15, 0.2) is 0 Å². The van der Waals surface area contributed by atoms with Crippen molar-refractivity contribution >= 4 is 5.82 Å². The number of rotatable bonds is 2. The Morgan fingerprint density at radius 2 is 2.05 bits per heavy atom. The van der Waals surface area contributed by atoms with Gasteiger partial charge in [0.2, 0.25) is 0 Å². The maximum Gasteiger partial charge on any atom is 0.133 e. The molecule has 3 rings (SSSR count). The van der Waals surface area contributed by atoms with Crippen LogP contribution in [-0.4, -0.2) is 36.1 Å². The molecule has 1 aromatic rings. The topological polar surface area (TPSA) is 41.0 Å². The molecule has 1 spiro atoms. The predicted molar refractivity (Wildman–Crippen MR) is 86.8 cm³/mol. The van der Waals surface area contributed by atoms with Crippen LogP contribution in [0.15, 0.2) is 6.07 Å². The first-order chi connectivity index (χ1) is 10.1. The number of anilines is 1. The minimum atomic E-state index is 0.388. The van der Waals surface area contributed by atoms with Crippen molar-refractivity contribution in [1.29, 1.82) is 0 Å². The van der Waals surface area contributed by atoms with Crippen molar-refractivity contribution in [2.75, 3.05) is 31.1 Å². The van der Waals surface area contributed by atoms with Crippen molar-refractivity contribution in [3.63, 3.8) is 0 Å². The third-order valence-electron chi connectivity index (χ3n) is 4.92. The Morgan fingerprint density at radius 1 is 1.24 bits per heavy atom. The van der Waals surface area contributed by atoms with Gasteiger partial charge in [-0.1, -0.05) is 13.8 Å². The quantitative estimate of drug-likeness (QED) is 0.908. The number of aromatic nitrogens is 2. The molecule has 4 heteroatoms. The van der Waals surface area contributed by atoms with E-state index in [4.69, 9.17) is 4.98 Å². The fraction of sp³-hybridized carbons (Fsp3) is 0.765. The van der Waals surface area contributed by atoms with Crippen molar-refractivity contribution in [3.05, 3.63) is 17.6 Å². The first-order valence-corrected chi connectivity index (χ1v) is 8.39. The molecule has 2 fully saturated rings. The lowest BCUT2D eigenvalue weighted by atomic mass is 9.74. The van der Waals surface area contributed by atoms with E-state index < -0.39 is 0 Å². The van der Waals surface area contributed by atoms with Gasteiger partial charge < -0.3 is 10.2 Å². The van der Waals surface area contributed by atoms with Crippen LogP contribution in [0.4, 0.5) is 5.82 Å². The second kappa shape index (κ2) is 5.91. The Labute approximate surface area is 128 Å². The summed E-state index contributed by atoms with van der Waals surface area (Å²) in [5.74, 6) is 2.50. The molecule has 0 aromatic carbocycles. The fourth-order valence-corrected chi connectivity index (χ4v) is 3.78. The third-order valence-corrected chi connectivity index (χ3v) is 4.92. The van der Waals surface area contributed by atoms with Crippen molar-refractivity contribution in [3.8, 4) is 0 Å². The molecule has 0 aliphatic carbocycles. The molecule has 2 saturated heterocycles. The molecule has 3 heterocycles. The smallest absolute Gasteiger partial charge is 0.133 e. The summed E-state index contributed by atoms with van der Waals surface area (Å²) in [5.41, 5.74) is 1.55. The Balaban J connectivity index is 1.82. The molecule has 2 aliphatic rings. The summed E-state index contributed by atoms with van der Waals surface area (Å²) in [7, 11) is 0. The van der Waals surface area contributed by atoms with E-state index in [0.29, 0.717) is 11.3 Å². The molecule has 116 valence electrons. The number of piperidine rings is 2. The van der Waals surface area contributed by atoms with E-state index in [1.165, 1.54) is 38.8 Å². The Bertz CT molecular complexity index is 486. The predicted octanol–water partition coefficient (Wildman–Crippen LogP) is 2.88. The molecular weight excluding hydrogens is 260 g/mol. The summed E-state index contributed by atoms with van der Waals surface area (Å²) in [4.78, 5) is 11.9. The second-order valence-corrected chi connectivity index (χ2v) is 7.19. The normalized spacial score (nSPS) is 26.6. The molecule has 21 heavy (non-hydrogen) atoms. The average molecular weight is 288 g/mol. The first-order valence-electron chi connectivity index (χ1n) is 8.39. The third kappa shape index (κ3) is 3.20. The lowest BCUT2D eigenvalue weighted by Crippen LogP contribution is -2.51. The van der Waals surface area contributed by atoms with Crippen LogP contribution in [0.5, 0.6) is 0 Å². The highest BCUT2D eigenvalue weighted by Crippen LogP contribution is 2.37. The van der Waals surface area contributed by atoms with E-state index >= 15 is 0 Å². The van der Waals surface area contributed by atoms with Crippen molar-refractivity contribution < 1.29 is 0 Å². The van der Waals surface area contributed by atoms with Gasteiger partial charge in [0, 0.05) is 42.7 Å².